The van der Waals surface area contributed by atoms with Gasteiger partial charge in [0.2, 0.25) is 5.82 Å². The third-order valence-corrected chi connectivity index (χ3v) is 3.32. The van der Waals surface area contributed by atoms with E-state index in [4.69, 9.17) is 4.74 Å². The highest BCUT2D eigenvalue weighted by molar-refractivity contribution is 6.03. The number of hydrogen-bond donors (Lipinski definition) is 1. The van der Waals surface area contributed by atoms with E-state index in [1.807, 2.05) is 36.4 Å². The van der Waals surface area contributed by atoms with Crippen LogP contribution in [-0.4, -0.2) is 32.3 Å². The molecule has 6 heteroatoms. The molecule has 0 amide bonds. The summed E-state index contributed by atoms with van der Waals surface area (Å²) in [6.07, 6.45) is 1.71. The molecule has 4 aromatic rings. The second kappa shape index (κ2) is 4.52. The van der Waals surface area contributed by atoms with Gasteiger partial charge in [-0.15, -0.1) is 10.2 Å². The van der Waals surface area contributed by atoms with Crippen LogP contribution in [-0.2, 0) is 0 Å². The molecule has 3 aromatic heterocycles. The van der Waals surface area contributed by atoms with Crippen molar-refractivity contribution < 1.29 is 4.74 Å². The predicted molar refractivity (Wildman–Crippen MR) is 79.0 cm³/mol. The van der Waals surface area contributed by atoms with Crippen LogP contribution in [0.1, 0.15) is 0 Å². The van der Waals surface area contributed by atoms with Crippen molar-refractivity contribution in [2.45, 2.75) is 0 Å². The number of methoxy groups -OCH3 is 1. The lowest BCUT2D eigenvalue weighted by atomic mass is 10.2. The van der Waals surface area contributed by atoms with Crippen LogP contribution in [0, 0.1) is 0 Å². The van der Waals surface area contributed by atoms with Crippen LogP contribution in [0.4, 0.5) is 0 Å². The Morgan fingerprint density at radius 1 is 1.10 bits per heavy atom. The molecule has 1 N–H and O–H groups in total. The molecule has 0 radical (unpaired) electrons. The van der Waals surface area contributed by atoms with Gasteiger partial charge < -0.3 is 9.72 Å². The first-order valence-corrected chi connectivity index (χ1v) is 6.47. The van der Waals surface area contributed by atoms with Crippen molar-refractivity contribution in [2.24, 2.45) is 0 Å². The molecule has 1 aromatic carbocycles. The number of fused-ring (bicyclic) bond motifs is 3. The molecule has 0 spiro atoms. The van der Waals surface area contributed by atoms with Crippen molar-refractivity contribution >= 4 is 22.1 Å². The molecule has 0 saturated heterocycles. The van der Waals surface area contributed by atoms with E-state index in [0.29, 0.717) is 17.2 Å². The summed E-state index contributed by atoms with van der Waals surface area (Å²) in [5.41, 5.74) is 3.06. The lowest BCUT2D eigenvalue weighted by Crippen LogP contribution is -1.94. The average Bonchev–Trinajstić information content (AvgIpc) is 2.92. The van der Waals surface area contributed by atoms with Crippen LogP contribution in [0.15, 0.2) is 42.6 Å². The number of nitrogens with one attached hydrogen (secondary N) is 1. The van der Waals surface area contributed by atoms with Gasteiger partial charge in [-0.05, 0) is 30.3 Å². The molecule has 4 rings (SSSR count). The van der Waals surface area contributed by atoms with Gasteiger partial charge in [-0.3, -0.25) is 4.98 Å². The highest BCUT2D eigenvalue weighted by Gasteiger charge is 2.11. The van der Waals surface area contributed by atoms with Gasteiger partial charge in [0.15, 0.2) is 5.65 Å². The van der Waals surface area contributed by atoms with E-state index >= 15 is 0 Å². The van der Waals surface area contributed by atoms with Crippen LogP contribution < -0.4 is 4.74 Å². The fraction of sp³-hybridized carbons (Fsp3) is 0.0667. The highest BCUT2D eigenvalue weighted by atomic mass is 16.5. The predicted octanol–water partition coefficient (Wildman–Crippen LogP) is 2.58. The lowest BCUT2D eigenvalue weighted by Gasteiger charge is -1.98. The molecular weight excluding hydrogens is 266 g/mol. The Morgan fingerprint density at radius 3 is 2.86 bits per heavy atom. The quantitative estimate of drug-likeness (QED) is 0.609. The summed E-state index contributed by atoms with van der Waals surface area (Å²) < 4.78 is 5.24. The molecule has 0 aliphatic rings. The van der Waals surface area contributed by atoms with Gasteiger partial charge in [-0.2, -0.15) is 0 Å². The molecule has 21 heavy (non-hydrogen) atoms. The fourth-order valence-electron chi connectivity index (χ4n) is 2.28. The minimum absolute atomic E-state index is 0.502. The van der Waals surface area contributed by atoms with Crippen LogP contribution >= 0.6 is 0 Å². The summed E-state index contributed by atoms with van der Waals surface area (Å²) in [5.74, 6) is 1.28. The van der Waals surface area contributed by atoms with Gasteiger partial charge in [0.25, 0.3) is 0 Å². The largest absolute Gasteiger partial charge is 0.497 e. The Bertz CT molecular complexity index is 933. The number of benzene rings is 1. The normalized spacial score (nSPS) is 11.1. The van der Waals surface area contributed by atoms with Gasteiger partial charge in [0.1, 0.15) is 17.0 Å². The number of aromatic nitrogens is 5. The standard InChI is InChI=1S/C15H11N5O/c1-21-9-5-6-11-10(8-9)13-15(17-11)18-14(20-19-13)12-4-2-3-7-16-12/h2-8H,1H3,(H,17,18,20). The highest BCUT2D eigenvalue weighted by Crippen LogP contribution is 2.26. The Morgan fingerprint density at radius 2 is 2.05 bits per heavy atom. The first-order valence-electron chi connectivity index (χ1n) is 6.47. The SMILES string of the molecule is COc1ccc2[nH]c3nc(-c4ccccn4)nnc3c2c1. The summed E-state index contributed by atoms with van der Waals surface area (Å²) >= 11 is 0. The molecule has 0 saturated carbocycles. The third-order valence-electron chi connectivity index (χ3n) is 3.32. The summed E-state index contributed by atoms with van der Waals surface area (Å²) in [5, 5.41) is 9.39. The Hall–Kier alpha value is -3.02. The lowest BCUT2D eigenvalue weighted by molar-refractivity contribution is 0.415. The average molecular weight is 277 g/mol. The van der Waals surface area contributed by atoms with E-state index in [0.717, 1.165) is 22.2 Å². The number of H-pyrrole nitrogens is 1. The molecular formula is C15H11N5O. The smallest absolute Gasteiger partial charge is 0.202 e. The number of hydrogen-bond acceptors (Lipinski definition) is 5. The number of aromatic amines is 1. The van der Waals surface area contributed by atoms with Gasteiger partial charge in [-0.25, -0.2) is 4.98 Å². The summed E-state index contributed by atoms with van der Waals surface area (Å²) in [6, 6.07) is 11.4. The van der Waals surface area contributed by atoms with E-state index in [1.54, 1.807) is 13.3 Å². The van der Waals surface area contributed by atoms with Crippen molar-refractivity contribution in [2.75, 3.05) is 7.11 Å². The second-order valence-electron chi connectivity index (χ2n) is 4.58. The zero-order valence-corrected chi connectivity index (χ0v) is 11.2. The van der Waals surface area contributed by atoms with Crippen molar-refractivity contribution in [3.05, 3.63) is 42.6 Å². The zero-order valence-electron chi connectivity index (χ0n) is 11.2. The van der Waals surface area contributed by atoms with E-state index in [2.05, 4.69) is 25.1 Å². The Balaban J connectivity index is 1.95. The number of rotatable bonds is 2. The van der Waals surface area contributed by atoms with Crippen LogP contribution in [0.3, 0.4) is 0 Å². The maximum atomic E-state index is 5.24. The van der Waals surface area contributed by atoms with E-state index in [1.165, 1.54) is 0 Å². The van der Waals surface area contributed by atoms with Crippen molar-refractivity contribution in [1.82, 2.24) is 25.1 Å². The molecule has 0 unspecified atom stereocenters. The van der Waals surface area contributed by atoms with Crippen molar-refractivity contribution in [3.8, 4) is 17.3 Å². The first kappa shape index (κ1) is 11.8. The monoisotopic (exact) mass is 277 g/mol. The minimum Gasteiger partial charge on any atom is -0.497 e. The molecule has 0 fully saturated rings. The minimum atomic E-state index is 0.502. The number of nitrogens with zero attached hydrogens (tertiary/aromatic N) is 4. The maximum Gasteiger partial charge on any atom is 0.202 e. The third kappa shape index (κ3) is 1.88. The second-order valence-corrected chi connectivity index (χ2v) is 4.58. The van der Waals surface area contributed by atoms with Crippen LogP contribution in [0.5, 0.6) is 5.75 Å². The van der Waals surface area contributed by atoms with Gasteiger partial charge in [0.05, 0.1) is 7.11 Å². The van der Waals surface area contributed by atoms with Crippen molar-refractivity contribution in [3.63, 3.8) is 0 Å². The molecule has 3 heterocycles. The number of ether oxygens (including phenoxy) is 1. The van der Waals surface area contributed by atoms with Gasteiger partial charge in [-0.1, -0.05) is 6.07 Å². The first-order chi connectivity index (χ1) is 10.3. The molecule has 0 atom stereocenters. The van der Waals surface area contributed by atoms with Crippen molar-refractivity contribution in [1.29, 1.82) is 0 Å². The van der Waals surface area contributed by atoms with E-state index < -0.39 is 0 Å². The molecule has 6 nitrogen and oxygen atoms in total. The van der Waals surface area contributed by atoms with Crippen LogP contribution in [0.25, 0.3) is 33.6 Å². The summed E-state index contributed by atoms with van der Waals surface area (Å²) in [4.78, 5) is 12.0. The van der Waals surface area contributed by atoms with Gasteiger partial charge in [0, 0.05) is 17.1 Å². The molecule has 0 bridgehead atoms. The zero-order chi connectivity index (χ0) is 14.2. The van der Waals surface area contributed by atoms with Gasteiger partial charge >= 0.3 is 0 Å². The number of pyridine rings is 1. The molecule has 0 aliphatic heterocycles. The Labute approximate surface area is 119 Å². The summed E-state index contributed by atoms with van der Waals surface area (Å²) in [6.45, 7) is 0. The summed E-state index contributed by atoms with van der Waals surface area (Å²) in [7, 11) is 1.64. The van der Waals surface area contributed by atoms with Crippen LogP contribution in [0.2, 0.25) is 0 Å². The molecule has 0 aliphatic carbocycles. The Kier molecular flexibility index (Phi) is 2.53. The molecule has 102 valence electrons. The van der Waals surface area contributed by atoms with E-state index in [-0.39, 0.29) is 0 Å². The fourth-order valence-corrected chi connectivity index (χ4v) is 2.28. The maximum absolute atomic E-state index is 5.24. The van der Waals surface area contributed by atoms with E-state index in [9.17, 15) is 0 Å². The topological polar surface area (TPSA) is 76.6 Å².